The lowest BCUT2D eigenvalue weighted by atomic mass is 9.92. The van der Waals surface area contributed by atoms with E-state index in [0.29, 0.717) is 16.7 Å². The minimum atomic E-state index is -1.09. The second-order valence-electron chi connectivity index (χ2n) is 7.70. The van der Waals surface area contributed by atoms with Crippen molar-refractivity contribution in [1.82, 2.24) is 4.90 Å². The van der Waals surface area contributed by atoms with E-state index in [0.717, 1.165) is 12.8 Å². The van der Waals surface area contributed by atoms with Gasteiger partial charge in [0.05, 0.1) is 6.54 Å². The zero-order valence-electron chi connectivity index (χ0n) is 15.2. The van der Waals surface area contributed by atoms with Gasteiger partial charge in [-0.05, 0) is 42.5 Å². The summed E-state index contributed by atoms with van der Waals surface area (Å²) in [6, 6.07) is 10.4. The van der Waals surface area contributed by atoms with Gasteiger partial charge in [-0.3, -0.25) is 4.79 Å². The number of amides is 1. The summed E-state index contributed by atoms with van der Waals surface area (Å²) in [5.74, 6) is -1.20. The van der Waals surface area contributed by atoms with Gasteiger partial charge in [0.2, 0.25) is 5.91 Å². The van der Waals surface area contributed by atoms with Crippen molar-refractivity contribution < 1.29 is 18.0 Å². The van der Waals surface area contributed by atoms with Crippen molar-refractivity contribution in [3.05, 3.63) is 59.7 Å². The molecule has 0 radical (unpaired) electrons. The molecule has 2 aromatic carbocycles. The quantitative estimate of drug-likeness (QED) is 0.756. The second kappa shape index (κ2) is 7.02. The number of nitrogens with zero attached hydrogens (tertiary/aromatic N) is 1. The zero-order chi connectivity index (χ0) is 19.1. The van der Waals surface area contributed by atoms with Crippen LogP contribution in [0.5, 0.6) is 0 Å². The summed E-state index contributed by atoms with van der Waals surface area (Å²) in [5.41, 5.74) is 1.20. The Balaban J connectivity index is 1.63. The van der Waals surface area contributed by atoms with Gasteiger partial charge in [-0.1, -0.05) is 37.3 Å². The lowest BCUT2D eigenvalue weighted by molar-refractivity contribution is -0.133. The van der Waals surface area contributed by atoms with E-state index in [4.69, 9.17) is 0 Å². The molecule has 2 nitrogen and oxygen atoms in total. The van der Waals surface area contributed by atoms with Crippen LogP contribution in [0.15, 0.2) is 42.5 Å². The Labute approximate surface area is 157 Å². The van der Waals surface area contributed by atoms with E-state index in [1.165, 1.54) is 12.1 Å². The van der Waals surface area contributed by atoms with Crippen LogP contribution in [0, 0.1) is 23.5 Å². The van der Waals surface area contributed by atoms with E-state index in [1.54, 1.807) is 42.2 Å². The highest BCUT2D eigenvalue weighted by Gasteiger charge is 2.45. The van der Waals surface area contributed by atoms with Crippen LogP contribution in [0.1, 0.15) is 25.3 Å². The smallest absolute Gasteiger partial charge is 0.226 e. The van der Waals surface area contributed by atoms with E-state index in [1.807, 2.05) is 0 Å². The maximum absolute atomic E-state index is 15.1. The van der Waals surface area contributed by atoms with Gasteiger partial charge in [0.15, 0.2) is 0 Å². The predicted molar refractivity (Wildman–Crippen MR) is 97.8 cm³/mol. The van der Waals surface area contributed by atoms with E-state index < -0.39 is 17.8 Å². The molecule has 1 heterocycles. The van der Waals surface area contributed by atoms with Gasteiger partial charge in [-0.15, -0.1) is 0 Å². The summed E-state index contributed by atoms with van der Waals surface area (Å²) in [6.45, 7) is 1.87. The maximum atomic E-state index is 15.1. The normalized spacial score (nSPS) is 25.0. The monoisotopic (exact) mass is 373 g/mol. The SMILES string of the molecule is C[C@H]1[C@@H](F)CN(C(=O)C2CC2)[C@H]1Cc1cccc(-c2cccc(F)c2)c1F. The number of rotatable bonds is 4. The molecule has 2 aliphatic rings. The molecular weight excluding hydrogens is 351 g/mol. The van der Waals surface area contributed by atoms with Crippen LogP contribution in [0.4, 0.5) is 13.2 Å². The molecule has 1 amide bonds. The van der Waals surface area contributed by atoms with Crippen molar-refractivity contribution in [1.29, 1.82) is 0 Å². The van der Waals surface area contributed by atoms with E-state index in [-0.39, 0.29) is 36.8 Å². The Bertz CT molecular complexity index is 864. The molecular formula is C22H22F3NO. The van der Waals surface area contributed by atoms with Gasteiger partial charge in [0.25, 0.3) is 0 Å². The molecule has 0 unspecified atom stereocenters. The third-order valence-electron chi connectivity index (χ3n) is 5.80. The Hall–Kier alpha value is -2.30. The molecule has 0 aromatic heterocycles. The molecule has 2 aromatic rings. The van der Waals surface area contributed by atoms with Gasteiger partial charge in [-0.2, -0.15) is 0 Å². The molecule has 5 heteroatoms. The maximum Gasteiger partial charge on any atom is 0.226 e. The van der Waals surface area contributed by atoms with Crippen LogP contribution in [-0.2, 0) is 11.2 Å². The van der Waals surface area contributed by atoms with Crippen molar-refractivity contribution in [2.75, 3.05) is 6.54 Å². The van der Waals surface area contributed by atoms with Crippen molar-refractivity contribution in [3.8, 4) is 11.1 Å². The van der Waals surface area contributed by atoms with Gasteiger partial charge in [0, 0.05) is 23.4 Å². The van der Waals surface area contributed by atoms with Crippen molar-refractivity contribution in [2.24, 2.45) is 11.8 Å². The number of likely N-dealkylation sites (tertiary alicyclic amines) is 1. The van der Waals surface area contributed by atoms with Gasteiger partial charge < -0.3 is 4.90 Å². The number of carbonyl (C=O) groups is 1. The van der Waals surface area contributed by atoms with Crippen LogP contribution in [0.2, 0.25) is 0 Å². The molecule has 0 N–H and O–H groups in total. The molecule has 0 spiro atoms. The van der Waals surface area contributed by atoms with Gasteiger partial charge >= 0.3 is 0 Å². The first-order valence-electron chi connectivity index (χ1n) is 9.43. The Morgan fingerprint density at radius 2 is 1.89 bits per heavy atom. The largest absolute Gasteiger partial charge is 0.336 e. The van der Waals surface area contributed by atoms with Crippen molar-refractivity contribution >= 4 is 5.91 Å². The first-order chi connectivity index (χ1) is 13.0. The fourth-order valence-electron chi connectivity index (χ4n) is 3.97. The number of carbonyl (C=O) groups excluding carboxylic acids is 1. The lowest BCUT2D eigenvalue weighted by Gasteiger charge is -2.27. The standard InChI is InChI=1S/C22H22F3NO/c1-13-19(24)12-26(22(27)14-8-9-14)20(13)11-16-5-3-7-18(21(16)25)15-4-2-6-17(23)10-15/h2-7,10,13-14,19-20H,8-9,11-12H2,1H3/t13-,19-,20-/m0/s1. The molecule has 27 heavy (non-hydrogen) atoms. The highest BCUT2D eigenvalue weighted by Crippen LogP contribution is 2.37. The number of hydrogen-bond donors (Lipinski definition) is 0. The van der Waals surface area contributed by atoms with Crippen molar-refractivity contribution in [3.63, 3.8) is 0 Å². The molecule has 1 saturated heterocycles. The molecule has 2 fully saturated rings. The lowest BCUT2D eigenvalue weighted by Crippen LogP contribution is -2.40. The van der Waals surface area contributed by atoms with Crippen molar-refractivity contribution in [2.45, 2.75) is 38.4 Å². The van der Waals surface area contributed by atoms with Crippen LogP contribution in [-0.4, -0.2) is 29.6 Å². The Morgan fingerprint density at radius 1 is 1.15 bits per heavy atom. The van der Waals surface area contributed by atoms with E-state index >= 15 is 4.39 Å². The first-order valence-corrected chi connectivity index (χ1v) is 9.43. The Morgan fingerprint density at radius 3 is 2.59 bits per heavy atom. The first kappa shape index (κ1) is 18.1. The summed E-state index contributed by atoms with van der Waals surface area (Å²) < 4.78 is 43.0. The average molecular weight is 373 g/mol. The third kappa shape index (κ3) is 3.47. The zero-order valence-corrected chi connectivity index (χ0v) is 15.2. The van der Waals surface area contributed by atoms with Crippen LogP contribution >= 0.6 is 0 Å². The molecule has 3 atom stereocenters. The molecule has 1 aliphatic heterocycles. The molecule has 1 aliphatic carbocycles. The minimum Gasteiger partial charge on any atom is -0.336 e. The van der Waals surface area contributed by atoms with Crippen LogP contribution in [0.3, 0.4) is 0 Å². The van der Waals surface area contributed by atoms with Crippen LogP contribution in [0.25, 0.3) is 11.1 Å². The van der Waals surface area contributed by atoms with Gasteiger partial charge in [0.1, 0.15) is 17.8 Å². The fraction of sp³-hybridized carbons (Fsp3) is 0.409. The third-order valence-corrected chi connectivity index (χ3v) is 5.80. The summed E-state index contributed by atoms with van der Waals surface area (Å²) in [5, 5.41) is 0. The number of hydrogen-bond acceptors (Lipinski definition) is 1. The average Bonchev–Trinajstić information content (AvgIpc) is 3.46. The molecule has 1 saturated carbocycles. The number of benzene rings is 2. The molecule has 0 bridgehead atoms. The summed E-state index contributed by atoms with van der Waals surface area (Å²) >= 11 is 0. The summed E-state index contributed by atoms with van der Waals surface area (Å²) in [6.07, 6.45) is 0.884. The van der Waals surface area contributed by atoms with Crippen LogP contribution < -0.4 is 0 Å². The van der Waals surface area contributed by atoms with E-state index in [9.17, 15) is 13.6 Å². The molecule has 4 rings (SSSR count). The topological polar surface area (TPSA) is 20.3 Å². The summed E-state index contributed by atoms with van der Waals surface area (Å²) in [4.78, 5) is 14.1. The molecule has 142 valence electrons. The number of halogens is 3. The van der Waals surface area contributed by atoms with Gasteiger partial charge in [-0.25, -0.2) is 13.2 Å². The fourth-order valence-corrected chi connectivity index (χ4v) is 3.97. The highest BCUT2D eigenvalue weighted by atomic mass is 19.1. The number of alkyl halides is 1. The minimum absolute atomic E-state index is 0.00584. The second-order valence-corrected chi connectivity index (χ2v) is 7.70. The highest BCUT2D eigenvalue weighted by molar-refractivity contribution is 5.81. The predicted octanol–water partition coefficient (Wildman–Crippen LogP) is 4.77. The van der Waals surface area contributed by atoms with E-state index in [2.05, 4.69) is 0 Å². The summed E-state index contributed by atoms with van der Waals surface area (Å²) in [7, 11) is 0. The Kier molecular flexibility index (Phi) is 4.70.